The van der Waals surface area contributed by atoms with Crippen LogP contribution in [0.2, 0.25) is 0 Å². The van der Waals surface area contributed by atoms with Gasteiger partial charge in [-0.1, -0.05) is 13.8 Å². The number of aliphatic hydroxyl groups excluding tert-OH is 1. The monoisotopic (exact) mass is 304 g/mol. The second-order valence-corrected chi connectivity index (χ2v) is 9.34. The molecule has 0 aromatic carbocycles. The fraction of sp³-hybridized carbons (Fsp3) is 0.947. The van der Waals surface area contributed by atoms with E-state index in [1.807, 2.05) is 0 Å². The van der Waals surface area contributed by atoms with Gasteiger partial charge >= 0.3 is 0 Å². The number of fused-ring (bicyclic) bond motifs is 4. The van der Waals surface area contributed by atoms with Gasteiger partial charge in [-0.25, -0.2) is 0 Å². The highest BCUT2D eigenvalue weighted by atomic mass is 16.6. The first kappa shape index (κ1) is 14.0. The lowest BCUT2D eigenvalue weighted by molar-refractivity contribution is -0.138. The van der Waals surface area contributed by atoms with Crippen LogP contribution in [0.5, 0.6) is 0 Å². The van der Waals surface area contributed by atoms with Crippen LogP contribution in [-0.2, 0) is 9.53 Å². The van der Waals surface area contributed by atoms with E-state index in [1.165, 1.54) is 6.42 Å². The molecule has 0 aromatic rings. The Kier molecular flexibility index (Phi) is 2.52. The molecular weight excluding hydrogens is 276 g/mol. The number of ether oxygens (including phenoxy) is 1. The molecule has 5 rings (SSSR count). The third-order valence-electron chi connectivity index (χ3n) is 8.77. The highest BCUT2D eigenvalue weighted by Crippen LogP contribution is 2.72. The first-order valence-corrected chi connectivity index (χ1v) is 9.30. The Morgan fingerprint density at radius 1 is 1.14 bits per heavy atom. The van der Waals surface area contributed by atoms with Crippen LogP contribution in [0.3, 0.4) is 0 Å². The van der Waals surface area contributed by atoms with E-state index in [0.29, 0.717) is 29.6 Å². The van der Waals surface area contributed by atoms with Crippen molar-refractivity contribution in [1.29, 1.82) is 0 Å². The van der Waals surface area contributed by atoms with E-state index in [4.69, 9.17) is 4.74 Å². The van der Waals surface area contributed by atoms with Crippen molar-refractivity contribution in [2.45, 2.75) is 83.0 Å². The minimum absolute atomic E-state index is 0.0256. The number of rotatable bonds is 0. The highest BCUT2D eigenvalue weighted by molar-refractivity contribution is 5.87. The maximum absolute atomic E-state index is 12.4. The molecule has 1 heterocycles. The SMILES string of the molecule is C[C@]12CC[C@H]3[C@@H](C[C@@H]4O[C@@]45CC(O)CC[C@]35C)[C@@H]1CCC2=O. The largest absolute Gasteiger partial charge is 0.393 e. The molecule has 1 aliphatic heterocycles. The van der Waals surface area contributed by atoms with E-state index in [-0.39, 0.29) is 22.5 Å². The topological polar surface area (TPSA) is 49.8 Å². The smallest absolute Gasteiger partial charge is 0.139 e. The molecule has 5 fully saturated rings. The quantitative estimate of drug-likeness (QED) is 0.700. The molecule has 4 aliphatic carbocycles. The van der Waals surface area contributed by atoms with E-state index in [1.54, 1.807) is 0 Å². The van der Waals surface area contributed by atoms with Crippen LogP contribution in [0, 0.1) is 28.6 Å². The third-order valence-corrected chi connectivity index (χ3v) is 8.77. The summed E-state index contributed by atoms with van der Waals surface area (Å²) < 4.78 is 6.30. The number of carbonyl (C=O) groups excluding carboxylic acids is 1. The summed E-state index contributed by atoms with van der Waals surface area (Å²) in [6.45, 7) is 4.68. The lowest BCUT2D eigenvalue weighted by Crippen LogP contribution is -2.58. The van der Waals surface area contributed by atoms with Gasteiger partial charge in [0, 0.05) is 23.7 Å². The van der Waals surface area contributed by atoms with Crippen molar-refractivity contribution in [3.8, 4) is 0 Å². The average Bonchev–Trinajstić information content (AvgIpc) is 3.08. The van der Waals surface area contributed by atoms with Crippen molar-refractivity contribution < 1.29 is 14.6 Å². The maximum Gasteiger partial charge on any atom is 0.139 e. The van der Waals surface area contributed by atoms with Crippen molar-refractivity contribution in [3.05, 3.63) is 0 Å². The fourth-order valence-corrected chi connectivity index (χ4v) is 7.43. The van der Waals surface area contributed by atoms with E-state index < -0.39 is 0 Å². The first-order chi connectivity index (χ1) is 10.4. The molecule has 0 radical (unpaired) electrons. The Hall–Kier alpha value is -0.410. The summed E-state index contributed by atoms with van der Waals surface area (Å²) in [5.74, 6) is 2.48. The zero-order valence-electron chi connectivity index (χ0n) is 13.8. The number of ketones is 1. The lowest BCUT2D eigenvalue weighted by Gasteiger charge is -2.58. The van der Waals surface area contributed by atoms with Crippen molar-refractivity contribution >= 4 is 5.78 Å². The Morgan fingerprint density at radius 2 is 1.95 bits per heavy atom. The van der Waals surface area contributed by atoms with Gasteiger partial charge in [0.2, 0.25) is 0 Å². The summed E-state index contributed by atoms with van der Waals surface area (Å²) in [5.41, 5.74) is 0.162. The average molecular weight is 304 g/mol. The summed E-state index contributed by atoms with van der Waals surface area (Å²) in [4.78, 5) is 12.4. The van der Waals surface area contributed by atoms with Gasteiger partial charge in [0.25, 0.3) is 0 Å². The van der Waals surface area contributed by atoms with E-state index in [9.17, 15) is 9.90 Å². The summed E-state index contributed by atoms with van der Waals surface area (Å²) in [5, 5.41) is 10.2. The molecule has 3 nitrogen and oxygen atoms in total. The minimum atomic E-state index is -0.170. The van der Waals surface area contributed by atoms with Crippen LogP contribution in [-0.4, -0.2) is 28.7 Å². The second-order valence-electron chi connectivity index (χ2n) is 9.34. The standard InChI is InChI=1S/C19H28O3/c1-17-7-6-14-12(13(17)3-4-15(17)21)9-16-19(22-16)10-11(20)5-8-18(14,19)2/h11-14,16,20H,3-10H2,1-2H3/t11?,12-,13-,14-,16-,17-,18+,19-/m0/s1. The number of carbonyl (C=O) groups is 1. The third kappa shape index (κ3) is 1.40. The van der Waals surface area contributed by atoms with E-state index >= 15 is 0 Å². The lowest BCUT2D eigenvalue weighted by atomic mass is 9.45. The van der Waals surface area contributed by atoms with Gasteiger partial charge in [0.05, 0.1) is 12.2 Å². The normalized spacial score (nSPS) is 62.7. The Labute approximate surface area is 132 Å². The molecule has 1 unspecified atom stereocenters. The summed E-state index contributed by atoms with van der Waals surface area (Å²) in [7, 11) is 0. The zero-order valence-corrected chi connectivity index (χ0v) is 13.8. The van der Waals surface area contributed by atoms with Crippen LogP contribution in [0.4, 0.5) is 0 Å². The zero-order chi connectivity index (χ0) is 15.3. The van der Waals surface area contributed by atoms with Crippen LogP contribution in [0.15, 0.2) is 0 Å². The number of aliphatic hydroxyl groups is 1. The second kappa shape index (κ2) is 3.97. The Morgan fingerprint density at radius 3 is 2.77 bits per heavy atom. The number of Topliss-reactive ketones (excluding diaryl/α,β-unsaturated/α-hetero) is 1. The molecule has 8 atom stereocenters. The predicted octanol–water partition coefficient (Wildman–Crippen LogP) is 3.09. The number of hydrogen-bond acceptors (Lipinski definition) is 3. The Balaban J connectivity index is 1.53. The fourth-order valence-electron chi connectivity index (χ4n) is 7.43. The van der Waals surface area contributed by atoms with Crippen molar-refractivity contribution in [3.63, 3.8) is 0 Å². The summed E-state index contributed by atoms with van der Waals surface area (Å²) in [6.07, 6.45) is 8.37. The molecule has 0 bridgehead atoms. The molecular formula is C19H28O3. The minimum Gasteiger partial charge on any atom is -0.393 e. The predicted molar refractivity (Wildman–Crippen MR) is 82.2 cm³/mol. The molecule has 0 aromatic heterocycles. The van der Waals surface area contributed by atoms with Gasteiger partial charge in [-0.05, 0) is 56.3 Å². The van der Waals surface area contributed by atoms with Crippen LogP contribution >= 0.6 is 0 Å². The van der Waals surface area contributed by atoms with E-state index in [0.717, 1.165) is 44.9 Å². The number of hydrogen-bond donors (Lipinski definition) is 1. The van der Waals surface area contributed by atoms with Gasteiger partial charge < -0.3 is 9.84 Å². The molecule has 1 saturated heterocycles. The molecule has 0 amide bonds. The highest BCUT2D eigenvalue weighted by Gasteiger charge is 2.76. The molecule has 1 spiro atoms. The Bertz CT molecular complexity index is 545. The molecule has 1 N–H and O–H groups in total. The van der Waals surface area contributed by atoms with E-state index in [2.05, 4.69) is 13.8 Å². The molecule has 4 saturated carbocycles. The molecule has 22 heavy (non-hydrogen) atoms. The van der Waals surface area contributed by atoms with Gasteiger partial charge in [-0.15, -0.1) is 0 Å². The molecule has 5 aliphatic rings. The molecule has 122 valence electrons. The van der Waals surface area contributed by atoms with Gasteiger partial charge in [-0.3, -0.25) is 4.79 Å². The maximum atomic E-state index is 12.4. The van der Waals surface area contributed by atoms with Crippen LogP contribution < -0.4 is 0 Å². The summed E-state index contributed by atoms with van der Waals surface area (Å²) >= 11 is 0. The molecule has 3 heteroatoms. The van der Waals surface area contributed by atoms with Gasteiger partial charge in [0.15, 0.2) is 0 Å². The van der Waals surface area contributed by atoms with Gasteiger partial charge in [-0.2, -0.15) is 0 Å². The van der Waals surface area contributed by atoms with Crippen molar-refractivity contribution in [1.82, 2.24) is 0 Å². The number of epoxide rings is 1. The van der Waals surface area contributed by atoms with Crippen LogP contribution in [0.25, 0.3) is 0 Å². The summed E-state index contributed by atoms with van der Waals surface area (Å²) in [6, 6.07) is 0. The van der Waals surface area contributed by atoms with Crippen LogP contribution in [0.1, 0.15) is 65.2 Å². The van der Waals surface area contributed by atoms with Crippen molar-refractivity contribution in [2.75, 3.05) is 0 Å². The van der Waals surface area contributed by atoms with Gasteiger partial charge in [0.1, 0.15) is 11.4 Å². The first-order valence-electron chi connectivity index (χ1n) is 9.30. The van der Waals surface area contributed by atoms with Crippen molar-refractivity contribution in [2.24, 2.45) is 28.6 Å².